The van der Waals surface area contributed by atoms with Crippen LogP contribution in [0.4, 0.5) is 0 Å². The van der Waals surface area contributed by atoms with Gasteiger partial charge in [0.15, 0.2) is 5.96 Å². The fourth-order valence-corrected chi connectivity index (χ4v) is 3.86. The van der Waals surface area contributed by atoms with Gasteiger partial charge in [-0.05, 0) is 51.2 Å². The number of aliphatic imine (C=N–C) groups is 1. The van der Waals surface area contributed by atoms with Crippen LogP contribution in [0.15, 0.2) is 4.99 Å². The molecule has 2 saturated carbocycles. The summed E-state index contributed by atoms with van der Waals surface area (Å²) in [5.74, 6) is 1.94. The molecule has 0 aromatic rings. The Hall–Kier alpha value is 0.350. The molecule has 4 atom stereocenters. The molecule has 2 N–H and O–H groups in total. The number of thioether (sulfide) groups is 1. The zero-order valence-electron chi connectivity index (χ0n) is 13.0. The SMILES string of the molecule is CCCC1CC1NC(=NCC)NC1CCC(SC)C1.I. The molecule has 0 radical (unpaired) electrons. The van der Waals surface area contributed by atoms with Crippen LogP contribution in [0.5, 0.6) is 0 Å². The minimum Gasteiger partial charge on any atom is -0.354 e. The van der Waals surface area contributed by atoms with Crippen LogP contribution >= 0.6 is 35.7 Å². The van der Waals surface area contributed by atoms with E-state index in [1.165, 1.54) is 38.5 Å². The van der Waals surface area contributed by atoms with E-state index >= 15 is 0 Å². The zero-order valence-corrected chi connectivity index (χ0v) is 16.2. The molecule has 0 saturated heterocycles. The largest absolute Gasteiger partial charge is 0.354 e. The fourth-order valence-electron chi connectivity index (χ4n) is 3.06. The van der Waals surface area contributed by atoms with Crippen LogP contribution in [0.1, 0.15) is 52.4 Å². The monoisotopic (exact) mass is 411 g/mol. The molecule has 0 spiro atoms. The van der Waals surface area contributed by atoms with Gasteiger partial charge in [0.05, 0.1) is 0 Å². The Morgan fingerprint density at radius 1 is 1.20 bits per heavy atom. The van der Waals surface area contributed by atoms with Crippen molar-refractivity contribution in [3.05, 3.63) is 0 Å². The molecule has 4 unspecified atom stereocenters. The van der Waals surface area contributed by atoms with Gasteiger partial charge in [-0.2, -0.15) is 11.8 Å². The number of halogens is 1. The number of nitrogens with one attached hydrogen (secondary N) is 2. The standard InChI is InChI=1S/C15H29N3S.HI/c1-4-6-11-9-14(11)18-15(16-5-2)17-12-7-8-13(10-12)19-3;/h11-14H,4-10H2,1-3H3,(H2,16,17,18);1H. The van der Waals surface area contributed by atoms with E-state index in [1.54, 1.807) is 0 Å². The van der Waals surface area contributed by atoms with Crippen molar-refractivity contribution in [2.45, 2.75) is 69.7 Å². The molecule has 20 heavy (non-hydrogen) atoms. The van der Waals surface area contributed by atoms with E-state index in [2.05, 4.69) is 35.7 Å². The molecule has 118 valence electrons. The molecule has 0 aromatic carbocycles. The minimum atomic E-state index is 0. The first-order valence-corrected chi connectivity index (χ1v) is 9.15. The van der Waals surface area contributed by atoms with E-state index in [0.717, 1.165) is 23.7 Å². The molecule has 0 amide bonds. The molecule has 2 rings (SSSR count). The average molecular weight is 411 g/mol. The molecule has 2 fully saturated rings. The summed E-state index contributed by atoms with van der Waals surface area (Å²) >= 11 is 2.01. The van der Waals surface area contributed by atoms with Gasteiger partial charge < -0.3 is 10.6 Å². The zero-order chi connectivity index (χ0) is 13.7. The van der Waals surface area contributed by atoms with Crippen molar-refractivity contribution in [1.82, 2.24) is 10.6 Å². The van der Waals surface area contributed by atoms with Crippen molar-refractivity contribution in [1.29, 1.82) is 0 Å². The molecule has 2 aliphatic rings. The van der Waals surface area contributed by atoms with Crippen molar-refractivity contribution >= 4 is 41.7 Å². The van der Waals surface area contributed by atoms with Crippen molar-refractivity contribution in [2.24, 2.45) is 10.9 Å². The van der Waals surface area contributed by atoms with E-state index in [1.807, 2.05) is 11.8 Å². The molecule has 2 aliphatic carbocycles. The van der Waals surface area contributed by atoms with Crippen molar-refractivity contribution in [3.8, 4) is 0 Å². The summed E-state index contributed by atoms with van der Waals surface area (Å²) in [5, 5.41) is 8.10. The van der Waals surface area contributed by atoms with Crippen LogP contribution in [-0.4, -0.2) is 36.1 Å². The van der Waals surface area contributed by atoms with Crippen LogP contribution in [0, 0.1) is 5.92 Å². The summed E-state index contributed by atoms with van der Waals surface area (Å²) in [7, 11) is 0. The van der Waals surface area contributed by atoms with E-state index in [4.69, 9.17) is 0 Å². The number of hydrogen-bond donors (Lipinski definition) is 2. The van der Waals surface area contributed by atoms with Gasteiger partial charge in [-0.1, -0.05) is 13.3 Å². The first-order chi connectivity index (χ1) is 9.26. The van der Waals surface area contributed by atoms with Gasteiger partial charge in [0.2, 0.25) is 0 Å². The maximum Gasteiger partial charge on any atom is 0.191 e. The van der Waals surface area contributed by atoms with Crippen molar-refractivity contribution in [2.75, 3.05) is 12.8 Å². The molecule has 3 nitrogen and oxygen atoms in total. The Bertz CT molecular complexity index is 311. The number of hydrogen-bond acceptors (Lipinski definition) is 2. The maximum atomic E-state index is 4.60. The van der Waals surface area contributed by atoms with Crippen molar-refractivity contribution in [3.63, 3.8) is 0 Å². The average Bonchev–Trinajstić information content (AvgIpc) is 2.96. The van der Waals surface area contributed by atoms with Gasteiger partial charge in [-0.25, -0.2) is 0 Å². The van der Waals surface area contributed by atoms with Gasteiger partial charge in [0.25, 0.3) is 0 Å². The summed E-state index contributed by atoms with van der Waals surface area (Å²) in [6.07, 6.45) is 10.1. The van der Waals surface area contributed by atoms with Crippen molar-refractivity contribution < 1.29 is 0 Å². The molecule has 0 aliphatic heterocycles. The third kappa shape index (κ3) is 5.62. The molecule has 0 aromatic heterocycles. The van der Waals surface area contributed by atoms with Gasteiger partial charge in [0.1, 0.15) is 0 Å². The Balaban J connectivity index is 0.00000200. The van der Waals surface area contributed by atoms with Gasteiger partial charge in [0, 0.05) is 23.9 Å². The maximum absolute atomic E-state index is 4.60. The lowest BCUT2D eigenvalue weighted by molar-refractivity contribution is 0.601. The van der Waals surface area contributed by atoms with Crippen LogP contribution in [0.2, 0.25) is 0 Å². The Kier molecular flexibility index (Phi) is 8.63. The number of nitrogens with zero attached hydrogens (tertiary/aromatic N) is 1. The molecule has 0 bridgehead atoms. The van der Waals surface area contributed by atoms with E-state index in [-0.39, 0.29) is 24.0 Å². The first kappa shape index (κ1) is 18.4. The third-order valence-electron chi connectivity index (χ3n) is 4.28. The summed E-state index contributed by atoms with van der Waals surface area (Å²) in [6, 6.07) is 1.30. The highest BCUT2D eigenvalue weighted by Crippen LogP contribution is 2.34. The normalized spacial score (nSPS) is 32.6. The summed E-state index contributed by atoms with van der Waals surface area (Å²) in [6.45, 7) is 5.24. The Morgan fingerprint density at radius 3 is 2.60 bits per heavy atom. The highest BCUT2D eigenvalue weighted by molar-refractivity contribution is 14.0. The van der Waals surface area contributed by atoms with Crippen LogP contribution in [0.3, 0.4) is 0 Å². The number of rotatable bonds is 6. The lowest BCUT2D eigenvalue weighted by Gasteiger charge is -2.18. The summed E-state index contributed by atoms with van der Waals surface area (Å²) < 4.78 is 0. The van der Waals surface area contributed by atoms with Gasteiger partial charge >= 0.3 is 0 Å². The topological polar surface area (TPSA) is 36.4 Å². The second kappa shape index (κ2) is 9.38. The number of guanidine groups is 1. The highest BCUT2D eigenvalue weighted by Gasteiger charge is 2.37. The van der Waals surface area contributed by atoms with E-state index in [0.29, 0.717) is 12.1 Å². The van der Waals surface area contributed by atoms with Crippen LogP contribution in [0.25, 0.3) is 0 Å². The second-order valence-electron chi connectivity index (χ2n) is 5.87. The van der Waals surface area contributed by atoms with Gasteiger partial charge in [-0.3, -0.25) is 4.99 Å². The Labute approximate surface area is 145 Å². The lowest BCUT2D eigenvalue weighted by Crippen LogP contribution is -2.44. The summed E-state index contributed by atoms with van der Waals surface area (Å²) in [4.78, 5) is 4.60. The third-order valence-corrected chi connectivity index (χ3v) is 5.37. The smallest absolute Gasteiger partial charge is 0.191 e. The van der Waals surface area contributed by atoms with E-state index in [9.17, 15) is 0 Å². The van der Waals surface area contributed by atoms with Gasteiger partial charge in [-0.15, -0.1) is 24.0 Å². The Morgan fingerprint density at radius 2 is 2.00 bits per heavy atom. The van der Waals surface area contributed by atoms with E-state index < -0.39 is 0 Å². The minimum absolute atomic E-state index is 0. The quantitative estimate of drug-likeness (QED) is 0.398. The highest BCUT2D eigenvalue weighted by atomic mass is 127. The molecular formula is C15H30IN3S. The molecule has 5 heteroatoms. The lowest BCUT2D eigenvalue weighted by atomic mass is 10.2. The predicted molar refractivity (Wildman–Crippen MR) is 101 cm³/mol. The van der Waals surface area contributed by atoms with Crippen LogP contribution in [-0.2, 0) is 0 Å². The van der Waals surface area contributed by atoms with Crippen LogP contribution < -0.4 is 10.6 Å². The predicted octanol–water partition coefficient (Wildman–Crippen LogP) is 3.63. The first-order valence-electron chi connectivity index (χ1n) is 7.87. The summed E-state index contributed by atoms with van der Waals surface area (Å²) in [5.41, 5.74) is 0. The fraction of sp³-hybridized carbons (Fsp3) is 0.933. The second-order valence-corrected chi connectivity index (χ2v) is 7.01. The molecule has 0 heterocycles. The molecular weight excluding hydrogens is 381 g/mol.